The Morgan fingerprint density at radius 2 is 2.07 bits per heavy atom. The summed E-state index contributed by atoms with van der Waals surface area (Å²) in [5.74, 6) is 0. The first-order valence-electron chi connectivity index (χ1n) is 4.52. The topological polar surface area (TPSA) is 36.2 Å². The molecule has 1 N–H and O–H groups in total. The quantitative estimate of drug-likeness (QED) is 0.376. The largest absolute Gasteiger partial charge is 0.313 e. The number of rotatable bonds is 5. The van der Waals surface area contributed by atoms with E-state index in [1.807, 2.05) is 18.2 Å². The summed E-state index contributed by atoms with van der Waals surface area (Å²) in [5.41, 5.74) is 2.31. The first kappa shape index (κ1) is 11.4. The van der Waals surface area contributed by atoms with E-state index in [1.54, 1.807) is 0 Å². The van der Waals surface area contributed by atoms with Crippen LogP contribution in [0.25, 0.3) is 0 Å². The first-order valence-corrected chi connectivity index (χ1v) is 6.04. The third kappa shape index (κ3) is 3.57. The van der Waals surface area contributed by atoms with Gasteiger partial charge in [-0.3, -0.25) is 4.99 Å². The summed E-state index contributed by atoms with van der Waals surface area (Å²) >= 11 is 2.32. The monoisotopic (exact) mass is 300 g/mol. The van der Waals surface area contributed by atoms with Crippen molar-refractivity contribution >= 4 is 34.5 Å². The van der Waals surface area contributed by atoms with Crippen LogP contribution in [0.15, 0.2) is 35.3 Å². The molecular formula is C11H13IN2. The smallest absolute Gasteiger partial charge is 0.0518 e. The molecule has 0 radical (unpaired) electrons. The minimum Gasteiger partial charge on any atom is -0.313 e. The molecule has 0 saturated carbocycles. The summed E-state index contributed by atoms with van der Waals surface area (Å²) in [6.07, 6.45) is 2.13. The van der Waals surface area contributed by atoms with Crippen molar-refractivity contribution in [3.63, 3.8) is 0 Å². The zero-order valence-electron chi connectivity index (χ0n) is 7.91. The molecule has 0 aliphatic carbocycles. The van der Waals surface area contributed by atoms with Crippen LogP contribution in [0, 0.1) is 5.41 Å². The van der Waals surface area contributed by atoms with Gasteiger partial charge in [0.25, 0.3) is 0 Å². The van der Waals surface area contributed by atoms with Crippen LogP contribution >= 0.6 is 22.6 Å². The number of nitrogens with zero attached hydrogens (tertiary/aromatic N) is 1. The van der Waals surface area contributed by atoms with Crippen molar-refractivity contribution < 1.29 is 0 Å². The van der Waals surface area contributed by atoms with Crippen LogP contribution in [0.1, 0.15) is 12.0 Å². The maximum absolute atomic E-state index is 6.91. The van der Waals surface area contributed by atoms with E-state index < -0.39 is 0 Å². The molecule has 0 spiro atoms. The molecule has 0 aliphatic heterocycles. The van der Waals surface area contributed by atoms with E-state index in [1.165, 1.54) is 11.8 Å². The molecule has 0 unspecified atom stereocenters. The summed E-state index contributed by atoms with van der Waals surface area (Å²) in [6, 6.07) is 10.2. The van der Waals surface area contributed by atoms with Crippen LogP contribution < -0.4 is 0 Å². The highest BCUT2D eigenvalue weighted by Gasteiger charge is 1.99. The lowest BCUT2D eigenvalue weighted by atomic mass is 10.1. The first-order chi connectivity index (χ1) is 6.88. The van der Waals surface area contributed by atoms with Gasteiger partial charge in [-0.2, -0.15) is 0 Å². The SMILES string of the molecule is N=CCCN=C(CI)c1ccccc1. The van der Waals surface area contributed by atoms with Crippen molar-refractivity contribution in [2.75, 3.05) is 11.0 Å². The zero-order valence-corrected chi connectivity index (χ0v) is 10.1. The molecule has 1 aromatic carbocycles. The predicted octanol–water partition coefficient (Wildman–Crippen LogP) is 2.95. The van der Waals surface area contributed by atoms with Gasteiger partial charge < -0.3 is 5.41 Å². The van der Waals surface area contributed by atoms with Crippen molar-refractivity contribution in [2.45, 2.75) is 6.42 Å². The zero-order chi connectivity index (χ0) is 10.2. The van der Waals surface area contributed by atoms with Gasteiger partial charge in [-0.15, -0.1) is 0 Å². The third-order valence-electron chi connectivity index (χ3n) is 1.81. The van der Waals surface area contributed by atoms with E-state index in [-0.39, 0.29) is 0 Å². The normalized spacial score (nSPS) is 11.4. The molecule has 0 amide bonds. The lowest BCUT2D eigenvalue weighted by Crippen LogP contribution is -2.03. The molecule has 0 aliphatic rings. The van der Waals surface area contributed by atoms with Crippen molar-refractivity contribution in [3.05, 3.63) is 35.9 Å². The highest BCUT2D eigenvalue weighted by Crippen LogP contribution is 2.04. The number of hydrogen-bond donors (Lipinski definition) is 1. The van der Waals surface area contributed by atoms with Gasteiger partial charge in [0, 0.05) is 17.4 Å². The fraction of sp³-hybridized carbons (Fsp3) is 0.273. The average Bonchev–Trinajstić information content (AvgIpc) is 2.26. The van der Waals surface area contributed by atoms with Crippen LogP contribution in [0.3, 0.4) is 0 Å². The average molecular weight is 300 g/mol. The molecule has 0 bridgehead atoms. The number of nitrogens with one attached hydrogen (secondary N) is 1. The number of alkyl halides is 1. The van der Waals surface area contributed by atoms with Gasteiger partial charge in [0.1, 0.15) is 0 Å². The van der Waals surface area contributed by atoms with Gasteiger partial charge in [0.05, 0.1) is 5.71 Å². The Hall–Kier alpha value is -0.710. The van der Waals surface area contributed by atoms with Gasteiger partial charge in [-0.1, -0.05) is 52.9 Å². The lowest BCUT2D eigenvalue weighted by molar-refractivity contribution is 1.05. The van der Waals surface area contributed by atoms with Gasteiger partial charge in [0.2, 0.25) is 0 Å². The van der Waals surface area contributed by atoms with Gasteiger partial charge >= 0.3 is 0 Å². The van der Waals surface area contributed by atoms with E-state index in [2.05, 4.69) is 39.7 Å². The van der Waals surface area contributed by atoms with Crippen LogP contribution in [0.4, 0.5) is 0 Å². The molecule has 1 rings (SSSR count). The summed E-state index contributed by atoms with van der Waals surface area (Å²) in [5, 5.41) is 6.91. The van der Waals surface area contributed by atoms with Crippen LogP contribution in [0.2, 0.25) is 0 Å². The maximum atomic E-state index is 6.91. The standard InChI is InChI=1S/C11H13IN2/c12-9-11(14-8-4-7-13)10-5-2-1-3-6-10/h1-3,5-7,13H,4,8-9H2. The Labute approximate surface area is 98.1 Å². The minimum absolute atomic E-state index is 0.719. The van der Waals surface area contributed by atoms with Crippen molar-refractivity contribution in [1.29, 1.82) is 5.41 Å². The van der Waals surface area contributed by atoms with Gasteiger partial charge in [-0.05, 0) is 11.8 Å². The molecule has 0 aromatic heterocycles. The van der Waals surface area contributed by atoms with Gasteiger partial charge in [-0.25, -0.2) is 0 Å². The van der Waals surface area contributed by atoms with E-state index in [4.69, 9.17) is 5.41 Å². The Morgan fingerprint density at radius 3 is 2.64 bits per heavy atom. The molecule has 2 nitrogen and oxygen atoms in total. The number of benzene rings is 1. The molecular weight excluding hydrogens is 287 g/mol. The number of aliphatic imine (C=N–C) groups is 1. The molecule has 3 heteroatoms. The van der Waals surface area contributed by atoms with Crippen molar-refractivity contribution in [1.82, 2.24) is 0 Å². The van der Waals surface area contributed by atoms with E-state index in [0.717, 1.165) is 23.1 Å². The third-order valence-corrected chi connectivity index (χ3v) is 2.53. The number of halogens is 1. The fourth-order valence-corrected chi connectivity index (χ4v) is 1.79. The Bertz CT molecular complexity index is 306. The van der Waals surface area contributed by atoms with E-state index in [0.29, 0.717) is 0 Å². The van der Waals surface area contributed by atoms with E-state index >= 15 is 0 Å². The van der Waals surface area contributed by atoms with Crippen LogP contribution in [0.5, 0.6) is 0 Å². The fourth-order valence-electron chi connectivity index (χ4n) is 1.11. The Balaban J connectivity index is 2.71. The van der Waals surface area contributed by atoms with E-state index in [9.17, 15) is 0 Å². The molecule has 0 atom stereocenters. The maximum Gasteiger partial charge on any atom is 0.0518 e. The molecule has 0 fully saturated rings. The molecule has 14 heavy (non-hydrogen) atoms. The highest BCUT2D eigenvalue weighted by atomic mass is 127. The second kappa shape index (κ2) is 6.70. The molecule has 0 saturated heterocycles. The molecule has 74 valence electrons. The summed E-state index contributed by atoms with van der Waals surface area (Å²) < 4.78 is 0.916. The summed E-state index contributed by atoms with van der Waals surface area (Å²) in [7, 11) is 0. The minimum atomic E-state index is 0.719. The second-order valence-corrected chi connectivity index (χ2v) is 3.58. The van der Waals surface area contributed by atoms with Crippen molar-refractivity contribution in [3.8, 4) is 0 Å². The van der Waals surface area contributed by atoms with Crippen LogP contribution in [-0.2, 0) is 0 Å². The molecule has 1 aromatic rings. The highest BCUT2D eigenvalue weighted by molar-refractivity contribution is 14.1. The van der Waals surface area contributed by atoms with Gasteiger partial charge in [0.15, 0.2) is 0 Å². The lowest BCUT2D eigenvalue weighted by Gasteiger charge is -2.02. The summed E-state index contributed by atoms with van der Waals surface area (Å²) in [4.78, 5) is 4.46. The van der Waals surface area contributed by atoms with Crippen LogP contribution in [-0.4, -0.2) is 22.9 Å². The van der Waals surface area contributed by atoms with Crippen molar-refractivity contribution in [2.24, 2.45) is 4.99 Å². The predicted molar refractivity (Wildman–Crippen MR) is 70.1 cm³/mol. The Morgan fingerprint density at radius 1 is 1.36 bits per heavy atom. The summed E-state index contributed by atoms with van der Waals surface area (Å²) in [6.45, 7) is 0.719. The number of hydrogen-bond acceptors (Lipinski definition) is 2. The second-order valence-electron chi connectivity index (χ2n) is 2.82. The molecule has 0 heterocycles. The Kier molecular flexibility index (Phi) is 5.44.